The summed E-state index contributed by atoms with van der Waals surface area (Å²) in [5.74, 6) is 0.212. The van der Waals surface area contributed by atoms with Crippen LogP contribution in [0.3, 0.4) is 0 Å². The number of piperidine rings is 1. The minimum atomic E-state index is -0.703. The van der Waals surface area contributed by atoms with Gasteiger partial charge >= 0.3 is 5.97 Å². The van der Waals surface area contributed by atoms with Crippen molar-refractivity contribution in [1.82, 2.24) is 19.6 Å². The quantitative estimate of drug-likeness (QED) is 0.423. The molecule has 2 saturated heterocycles. The monoisotopic (exact) mass is 514 g/mol. The zero-order valence-electron chi connectivity index (χ0n) is 23.0. The van der Waals surface area contributed by atoms with Crippen molar-refractivity contribution in [3.8, 4) is 0 Å². The molecule has 3 unspecified atom stereocenters. The van der Waals surface area contributed by atoms with Crippen LogP contribution in [0.4, 0.5) is 0 Å². The molecule has 3 aromatic rings. The first-order valence-corrected chi connectivity index (χ1v) is 14.3. The van der Waals surface area contributed by atoms with E-state index in [0.717, 1.165) is 57.7 Å². The molecule has 6 heteroatoms. The lowest BCUT2D eigenvalue weighted by molar-refractivity contribution is -0.144. The third-order valence-electron chi connectivity index (χ3n) is 8.63. The van der Waals surface area contributed by atoms with Crippen LogP contribution in [0.1, 0.15) is 68.0 Å². The summed E-state index contributed by atoms with van der Waals surface area (Å²) in [6, 6.07) is 23.5. The van der Waals surface area contributed by atoms with E-state index < -0.39 is 12.0 Å². The van der Waals surface area contributed by atoms with Gasteiger partial charge in [0, 0.05) is 49.6 Å². The molecule has 0 bridgehead atoms. The smallest absolute Gasteiger partial charge is 0.321 e. The Morgan fingerprint density at radius 1 is 1.00 bits per heavy atom. The van der Waals surface area contributed by atoms with Crippen LogP contribution in [0.2, 0.25) is 0 Å². The van der Waals surface area contributed by atoms with Crippen molar-refractivity contribution in [1.29, 1.82) is 0 Å². The maximum absolute atomic E-state index is 12.2. The zero-order valence-corrected chi connectivity index (χ0v) is 23.0. The second-order valence-corrected chi connectivity index (χ2v) is 11.4. The van der Waals surface area contributed by atoms with Crippen molar-refractivity contribution in [3.05, 3.63) is 89.2 Å². The fourth-order valence-electron chi connectivity index (χ4n) is 6.79. The molecule has 3 heterocycles. The molecule has 6 nitrogen and oxygen atoms in total. The van der Waals surface area contributed by atoms with Gasteiger partial charge in [0.05, 0.1) is 5.69 Å². The lowest BCUT2D eigenvalue weighted by Gasteiger charge is -2.38. The number of benzene rings is 2. The van der Waals surface area contributed by atoms with E-state index in [1.165, 1.54) is 16.8 Å². The van der Waals surface area contributed by atoms with Crippen molar-refractivity contribution in [2.75, 3.05) is 26.2 Å². The molecule has 5 rings (SSSR count). The van der Waals surface area contributed by atoms with E-state index in [-0.39, 0.29) is 5.92 Å². The first-order chi connectivity index (χ1) is 18.4. The maximum Gasteiger partial charge on any atom is 0.321 e. The van der Waals surface area contributed by atoms with Gasteiger partial charge in [0.15, 0.2) is 0 Å². The Bertz CT molecular complexity index is 1180. The lowest BCUT2D eigenvalue weighted by atomic mass is 9.88. The van der Waals surface area contributed by atoms with Gasteiger partial charge in [0.2, 0.25) is 0 Å². The Balaban J connectivity index is 1.30. The number of likely N-dealkylation sites (tertiary alicyclic amines) is 2. The van der Waals surface area contributed by atoms with Gasteiger partial charge in [0.25, 0.3) is 0 Å². The van der Waals surface area contributed by atoms with Crippen LogP contribution in [-0.2, 0) is 17.8 Å². The average molecular weight is 515 g/mol. The molecule has 2 aromatic carbocycles. The van der Waals surface area contributed by atoms with Crippen molar-refractivity contribution >= 4 is 5.97 Å². The lowest BCUT2D eigenvalue weighted by Crippen LogP contribution is -2.47. The number of carboxylic acid groups (broad SMARTS) is 1. The Labute approximate surface area is 227 Å². The molecule has 1 N–H and O–H groups in total. The average Bonchev–Trinajstić information content (AvgIpc) is 3.54. The van der Waals surface area contributed by atoms with E-state index in [0.29, 0.717) is 17.9 Å². The Morgan fingerprint density at radius 2 is 1.66 bits per heavy atom. The summed E-state index contributed by atoms with van der Waals surface area (Å²) < 4.78 is 2.21. The van der Waals surface area contributed by atoms with E-state index in [2.05, 4.69) is 88.1 Å². The SMILES string of the molecule is CCn1nc(Cc2ccccc2)cc1C1CCN(C2CN(C(C(=O)O)C(C)C)CC2c2ccccc2)CC1. The summed E-state index contributed by atoms with van der Waals surface area (Å²) in [5.41, 5.74) is 5.15. The molecule has 38 heavy (non-hydrogen) atoms. The summed E-state index contributed by atoms with van der Waals surface area (Å²) >= 11 is 0. The Hall–Kier alpha value is -2.96. The maximum atomic E-state index is 12.2. The molecule has 2 fully saturated rings. The van der Waals surface area contributed by atoms with E-state index in [9.17, 15) is 9.90 Å². The molecular formula is C32H42N4O2. The van der Waals surface area contributed by atoms with Crippen LogP contribution < -0.4 is 0 Å². The highest BCUT2D eigenvalue weighted by Gasteiger charge is 2.43. The van der Waals surface area contributed by atoms with Crippen LogP contribution in [0.15, 0.2) is 66.7 Å². The number of rotatable bonds is 9. The third kappa shape index (κ3) is 5.71. The summed E-state index contributed by atoms with van der Waals surface area (Å²) in [6.07, 6.45) is 3.10. The van der Waals surface area contributed by atoms with Crippen LogP contribution in [0.25, 0.3) is 0 Å². The second-order valence-electron chi connectivity index (χ2n) is 11.4. The van der Waals surface area contributed by atoms with Gasteiger partial charge in [-0.15, -0.1) is 0 Å². The van der Waals surface area contributed by atoms with Gasteiger partial charge in [-0.2, -0.15) is 5.10 Å². The predicted molar refractivity (Wildman–Crippen MR) is 152 cm³/mol. The van der Waals surface area contributed by atoms with Crippen molar-refractivity contribution < 1.29 is 9.90 Å². The van der Waals surface area contributed by atoms with Gasteiger partial charge in [-0.3, -0.25) is 19.3 Å². The largest absolute Gasteiger partial charge is 0.480 e. The summed E-state index contributed by atoms with van der Waals surface area (Å²) in [6.45, 7) is 10.8. The van der Waals surface area contributed by atoms with Gasteiger partial charge < -0.3 is 5.11 Å². The molecule has 1 aromatic heterocycles. The minimum Gasteiger partial charge on any atom is -0.480 e. The zero-order chi connectivity index (χ0) is 26.6. The number of hydrogen-bond acceptors (Lipinski definition) is 4. The third-order valence-corrected chi connectivity index (χ3v) is 8.63. The van der Waals surface area contributed by atoms with E-state index >= 15 is 0 Å². The molecule has 3 atom stereocenters. The van der Waals surface area contributed by atoms with Crippen LogP contribution in [-0.4, -0.2) is 68.9 Å². The van der Waals surface area contributed by atoms with Crippen molar-refractivity contribution in [2.24, 2.45) is 5.92 Å². The highest BCUT2D eigenvalue weighted by atomic mass is 16.4. The molecule has 0 radical (unpaired) electrons. The standard InChI is InChI=1S/C32H42N4O2/c1-4-36-29(20-27(33-36)19-24-11-7-5-8-12-24)26-15-17-34(18-16-26)30-22-35(31(23(2)3)32(37)38)21-28(30)25-13-9-6-10-14-25/h5-14,20,23,26,28,30-31H,4,15-19,21-22H2,1-3H3,(H,37,38). The molecular weight excluding hydrogens is 472 g/mol. The summed E-state index contributed by atoms with van der Waals surface area (Å²) in [7, 11) is 0. The van der Waals surface area contributed by atoms with E-state index in [1.807, 2.05) is 13.8 Å². The van der Waals surface area contributed by atoms with Gasteiger partial charge in [-0.05, 0) is 56.0 Å². The fourth-order valence-corrected chi connectivity index (χ4v) is 6.79. The summed E-state index contributed by atoms with van der Waals surface area (Å²) in [5, 5.41) is 14.9. The predicted octanol–water partition coefficient (Wildman–Crippen LogP) is 5.25. The second kappa shape index (κ2) is 11.8. The molecule has 2 aliphatic rings. The number of carbonyl (C=O) groups is 1. The number of aliphatic carboxylic acids is 1. The molecule has 0 amide bonds. The number of aryl methyl sites for hydroxylation is 1. The highest BCUT2D eigenvalue weighted by Crippen LogP contribution is 2.37. The first-order valence-electron chi connectivity index (χ1n) is 14.3. The van der Waals surface area contributed by atoms with E-state index in [4.69, 9.17) is 5.10 Å². The van der Waals surface area contributed by atoms with Crippen LogP contribution in [0, 0.1) is 5.92 Å². The first kappa shape index (κ1) is 26.6. The highest BCUT2D eigenvalue weighted by molar-refractivity contribution is 5.74. The minimum absolute atomic E-state index is 0.0767. The Morgan fingerprint density at radius 3 is 2.26 bits per heavy atom. The number of hydrogen-bond donors (Lipinski definition) is 1. The molecule has 202 valence electrons. The Kier molecular flexibility index (Phi) is 8.29. The number of aromatic nitrogens is 2. The van der Waals surface area contributed by atoms with Crippen molar-refractivity contribution in [2.45, 2.75) is 70.5 Å². The molecule has 0 spiro atoms. The van der Waals surface area contributed by atoms with E-state index in [1.54, 1.807) is 0 Å². The van der Waals surface area contributed by atoms with Gasteiger partial charge in [-0.25, -0.2) is 0 Å². The molecule has 0 aliphatic carbocycles. The number of carboxylic acids is 1. The molecule has 2 aliphatic heterocycles. The fraction of sp³-hybridized carbons (Fsp3) is 0.500. The molecule has 0 saturated carbocycles. The topological polar surface area (TPSA) is 61.6 Å². The van der Waals surface area contributed by atoms with Gasteiger partial charge in [-0.1, -0.05) is 74.5 Å². The summed E-state index contributed by atoms with van der Waals surface area (Å²) in [4.78, 5) is 17.0. The van der Waals surface area contributed by atoms with Gasteiger partial charge in [0.1, 0.15) is 6.04 Å². The number of nitrogens with zero attached hydrogens (tertiary/aromatic N) is 4. The van der Waals surface area contributed by atoms with Crippen LogP contribution in [0.5, 0.6) is 0 Å². The van der Waals surface area contributed by atoms with Crippen LogP contribution >= 0.6 is 0 Å². The normalized spacial score (nSPS) is 22.2. The van der Waals surface area contributed by atoms with Crippen molar-refractivity contribution in [3.63, 3.8) is 0 Å².